The second-order valence-electron chi connectivity index (χ2n) is 9.32. The van der Waals surface area contributed by atoms with Gasteiger partial charge in [-0.1, -0.05) is 63.3 Å². The SMILES string of the molecule is CCCCCCCCS(=O)(=O)NCCCCN1C(CCOC)=CCc2c(N)nc3ccccc3c21. The Bertz CT molecular complexity index is 1090. The van der Waals surface area contributed by atoms with Gasteiger partial charge in [0.15, 0.2) is 0 Å². The van der Waals surface area contributed by atoms with Crippen molar-refractivity contribution in [2.75, 3.05) is 43.2 Å². The van der Waals surface area contributed by atoms with Crippen molar-refractivity contribution < 1.29 is 13.2 Å². The van der Waals surface area contributed by atoms with E-state index in [4.69, 9.17) is 10.5 Å². The molecule has 1 aromatic heterocycles. The van der Waals surface area contributed by atoms with Crippen molar-refractivity contribution in [2.45, 2.75) is 71.1 Å². The van der Waals surface area contributed by atoms with Gasteiger partial charge < -0.3 is 15.4 Å². The lowest BCUT2D eigenvalue weighted by atomic mass is 9.98. The Morgan fingerprint density at radius 3 is 2.66 bits per heavy atom. The molecule has 0 atom stereocenters. The highest BCUT2D eigenvalue weighted by Crippen LogP contribution is 2.39. The molecule has 3 N–H and O–H groups in total. The summed E-state index contributed by atoms with van der Waals surface area (Å²) in [6.07, 6.45) is 11.9. The van der Waals surface area contributed by atoms with Crippen LogP contribution < -0.4 is 15.4 Å². The van der Waals surface area contributed by atoms with Gasteiger partial charge in [0.2, 0.25) is 10.0 Å². The molecule has 0 radical (unpaired) electrons. The highest BCUT2D eigenvalue weighted by Gasteiger charge is 2.24. The number of benzene rings is 1. The first-order valence-electron chi connectivity index (χ1n) is 13.1. The van der Waals surface area contributed by atoms with Crippen LogP contribution in [0.4, 0.5) is 11.5 Å². The number of hydrogen-bond donors (Lipinski definition) is 2. The van der Waals surface area contributed by atoms with E-state index in [1.54, 1.807) is 7.11 Å². The monoisotopic (exact) mass is 502 g/mol. The van der Waals surface area contributed by atoms with Crippen molar-refractivity contribution in [3.8, 4) is 0 Å². The zero-order valence-electron chi connectivity index (χ0n) is 21.4. The molecule has 0 unspecified atom stereocenters. The average Bonchev–Trinajstić information content (AvgIpc) is 2.85. The number of allylic oxidation sites excluding steroid dienone is 1. The molecule has 8 heteroatoms. The van der Waals surface area contributed by atoms with Crippen molar-refractivity contribution in [3.05, 3.63) is 41.6 Å². The number of pyridine rings is 1. The van der Waals surface area contributed by atoms with Crippen molar-refractivity contribution in [1.29, 1.82) is 0 Å². The Hall–Kier alpha value is -2.16. The molecule has 1 aliphatic rings. The summed E-state index contributed by atoms with van der Waals surface area (Å²) in [4.78, 5) is 6.95. The van der Waals surface area contributed by atoms with Gasteiger partial charge in [-0.05, 0) is 31.7 Å². The minimum absolute atomic E-state index is 0.223. The van der Waals surface area contributed by atoms with Gasteiger partial charge in [-0.3, -0.25) is 0 Å². The third-order valence-electron chi connectivity index (χ3n) is 6.61. The molecule has 7 nitrogen and oxygen atoms in total. The normalized spacial score (nSPS) is 13.8. The van der Waals surface area contributed by atoms with Crippen molar-refractivity contribution >= 4 is 32.4 Å². The third-order valence-corrected chi connectivity index (χ3v) is 8.08. The molecule has 0 bridgehead atoms. The number of para-hydroxylation sites is 1. The smallest absolute Gasteiger partial charge is 0.211 e. The summed E-state index contributed by atoms with van der Waals surface area (Å²) in [5.74, 6) is 0.800. The van der Waals surface area contributed by atoms with E-state index in [0.717, 1.165) is 73.6 Å². The largest absolute Gasteiger partial charge is 0.384 e. The highest BCUT2D eigenvalue weighted by molar-refractivity contribution is 7.89. The van der Waals surface area contributed by atoms with E-state index < -0.39 is 10.0 Å². The van der Waals surface area contributed by atoms with E-state index in [2.05, 4.69) is 33.7 Å². The summed E-state index contributed by atoms with van der Waals surface area (Å²) < 4.78 is 32.8. The molecular weight excluding hydrogens is 460 g/mol. The first-order valence-corrected chi connectivity index (χ1v) is 14.7. The Morgan fingerprint density at radius 2 is 1.86 bits per heavy atom. The number of nitrogens with one attached hydrogen (secondary N) is 1. The summed E-state index contributed by atoms with van der Waals surface area (Å²) in [6.45, 7) is 4.09. The van der Waals surface area contributed by atoms with Crippen LogP contribution in [-0.4, -0.2) is 46.0 Å². The van der Waals surface area contributed by atoms with Crippen molar-refractivity contribution in [2.24, 2.45) is 0 Å². The van der Waals surface area contributed by atoms with E-state index in [1.807, 2.05) is 18.2 Å². The number of hydrogen-bond acceptors (Lipinski definition) is 6. The van der Waals surface area contributed by atoms with Crippen LogP contribution in [0, 0.1) is 0 Å². The summed E-state index contributed by atoms with van der Waals surface area (Å²) in [7, 11) is -1.48. The van der Waals surface area contributed by atoms with Gasteiger partial charge in [0.1, 0.15) is 5.82 Å². The van der Waals surface area contributed by atoms with Crippen molar-refractivity contribution in [1.82, 2.24) is 9.71 Å². The standard InChI is InChI=1S/C27H42N4O3S/c1-3-4-5-6-7-12-21-35(32,33)29-18-10-11-19-31-22(17-20-34-2)15-16-24-26(31)23-13-8-9-14-25(23)30-27(24)28/h8-9,13-15,29H,3-7,10-12,16-21H2,1-2H3,(H2,28,30). The molecule has 35 heavy (non-hydrogen) atoms. The van der Waals surface area contributed by atoms with Gasteiger partial charge in [0.05, 0.1) is 23.6 Å². The predicted molar refractivity (Wildman–Crippen MR) is 146 cm³/mol. The maximum Gasteiger partial charge on any atom is 0.211 e. The maximum absolute atomic E-state index is 12.3. The minimum Gasteiger partial charge on any atom is -0.384 e. The summed E-state index contributed by atoms with van der Waals surface area (Å²) in [5.41, 5.74) is 10.6. The van der Waals surface area contributed by atoms with Gasteiger partial charge in [0.25, 0.3) is 0 Å². The van der Waals surface area contributed by atoms with E-state index >= 15 is 0 Å². The fourth-order valence-electron chi connectivity index (χ4n) is 4.70. The lowest BCUT2D eigenvalue weighted by molar-refractivity contribution is 0.201. The number of nitrogens with two attached hydrogens (primary N) is 1. The van der Waals surface area contributed by atoms with Crippen LogP contribution in [0.15, 0.2) is 36.0 Å². The second kappa shape index (κ2) is 13.8. The van der Waals surface area contributed by atoms with Crippen LogP contribution >= 0.6 is 0 Å². The highest BCUT2D eigenvalue weighted by atomic mass is 32.2. The molecule has 0 spiro atoms. The van der Waals surface area contributed by atoms with Gasteiger partial charge in [-0.25, -0.2) is 18.1 Å². The predicted octanol–water partition coefficient (Wildman–Crippen LogP) is 5.16. The Balaban J connectivity index is 1.58. The fourth-order valence-corrected chi connectivity index (χ4v) is 5.89. The molecule has 0 saturated heterocycles. The number of fused-ring (bicyclic) bond motifs is 3. The quantitative estimate of drug-likeness (QED) is 0.308. The summed E-state index contributed by atoms with van der Waals surface area (Å²) >= 11 is 0. The van der Waals surface area contributed by atoms with Gasteiger partial charge in [-0.15, -0.1) is 0 Å². The van der Waals surface area contributed by atoms with Crippen LogP contribution in [0.3, 0.4) is 0 Å². The molecule has 2 aromatic rings. The van der Waals surface area contributed by atoms with Gasteiger partial charge in [0, 0.05) is 43.3 Å². The van der Waals surface area contributed by atoms with E-state index in [0.29, 0.717) is 19.0 Å². The molecule has 1 aliphatic heterocycles. The molecule has 0 saturated carbocycles. The molecule has 0 fully saturated rings. The number of rotatable bonds is 16. The van der Waals surface area contributed by atoms with Crippen LogP contribution in [0.2, 0.25) is 0 Å². The maximum atomic E-state index is 12.3. The molecule has 0 aliphatic carbocycles. The lowest BCUT2D eigenvalue weighted by Crippen LogP contribution is -2.31. The fraction of sp³-hybridized carbons (Fsp3) is 0.593. The lowest BCUT2D eigenvalue weighted by Gasteiger charge is -2.34. The molecule has 0 amide bonds. The Kier molecular flexibility index (Phi) is 10.8. The zero-order valence-corrected chi connectivity index (χ0v) is 22.2. The molecule has 1 aromatic carbocycles. The topological polar surface area (TPSA) is 97.5 Å². The Labute approximate surface area is 211 Å². The first-order chi connectivity index (χ1) is 17.0. The zero-order chi connectivity index (χ0) is 25.1. The number of methoxy groups -OCH3 is 1. The van der Waals surface area contributed by atoms with Crippen LogP contribution in [0.25, 0.3) is 10.9 Å². The molecule has 3 rings (SSSR count). The number of sulfonamides is 1. The molecule has 194 valence electrons. The second-order valence-corrected chi connectivity index (χ2v) is 11.2. The van der Waals surface area contributed by atoms with Crippen LogP contribution in [0.1, 0.15) is 70.3 Å². The number of nitrogens with zero attached hydrogens (tertiary/aromatic N) is 2. The number of aromatic nitrogens is 1. The van der Waals surface area contributed by atoms with Gasteiger partial charge >= 0.3 is 0 Å². The average molecular weight is 503 g/mol. The van der Waals surface area contributed by atoms with Crippen LogP contribution in [-0.2, 0) is 21.2 Å². The number of ether oxygens (including phenoxy) is 1. The number of anilines is 2. The van der Waals surface area contributed by atoms with E-state index in [1.165, 1.54) is 25.0 Å². The van der Waals surface area contributed by atoms with E-state index in [9.17, 15) is 8.42 Å². The Morgan fingerprint density at radius 1 is 1.09 bits per heavy atom. The van der Waals surface area contributed by atoms with E-state index in [-0.39, 0.29) is 5.75 Å². The van der Waals surface area contributed by atoms with Crippen LogP contribution in [0.5, 0.6) is 0 Å². The minimum atomic E-state index is -3.20. The van der Waals surface area contributed by atoms with Gasteiger partial charge in [-0.2, -0.15) is 0 Å². The molecular formula is C27H42N4O3S. The third kappa shape index (κ3) is 7.92. The first kappa shape index (κ1) is 27.4. The number of unbranched alkanes of at least 4 members (excludes halogenated alkanes) is 6. The molecule has 2 heterocycles. The van der Waals surface area contributed by atoms with Crippen molar-refractivity contribution in [3.63, 3.8) is 0 Å². The number of nitrogen functional groups attached to an aromatic ring is 1. The summed E-state index contributed by atoms with van der Waals surface area (Å²) in [5, 5.41) is 1.10. The summed E-state index contributed by atoms with van der Waals surface area (Å²) in [6, 6.07) is 8.11.